The van der Waals surface area contributed by atoms with Crippen molar-refractivity contribution >= 4 is 23.4 Å². The second kappa shape index (κ2) is 10.6. The van der Waals surface area contributed by atoms with Crippen LogP contribution in [0.2, 0.25) is 0 Å². The highest BCUT2D eigenvalue weighted by molar-refractivity contribution is 7.99. The van der Waals surface area contributed by atoms with Crippen LogP contribution in [-0.2, 0) is 9.47 Å². The van der Waals surface area contributed by atoms with Crippen LogP contribution >= 0.6 is 23.4 Å². The number of hydrogen-bond donors (Lipinski definition) is 0. The Morgan fingerprint density at radius 2 is 2.00 bits per heavy atom. The monoisotopic (exact) mass is 198 g/mol. The molecule has 0 aromatic heterocycles. The lowest BCUT2D eigenvalue weighted by Crippen LogP contribution is -2.04. The van der Waals surface area contributed by atoms with Crippen molar-refractivity contribution in [2.24, 2.45) is 0 Å². The van der Waals surface area contributed by atoms with Crippen molar-refractivity contribution in [3.63, 3.8) is 0 Å². The van der Waals surface area contributed by atoms with Gasteiger partial charge in [0.05, 0.1) is 19.8 Å². The van der Waals surface area contributed by atoms with Crippen LogP contribution in [-0.4, -0.2) is 44.3 Å². The van der Waals surface area contributed by atoms with Crippen LogP contribution in [0.15, 0.2) is 0 Å². The van der Waals surface area contributed by atoms with Crippen molar-refractivity contribution in [1.82, 2.24) is 0 Å². The molecular formula is C7H15ClO2S. The summed E-state index contributed by atoms with van der Waals surface area (Å²) in [5.74, 6) is 2.76. The lowest BCUT2D eigenvalue weighted by atomic mass is 10.7. The van der Waals surface area contributed by atoms with Crippen LogP contribution in [0.4, 0.5) is 0 Å². The Hall–Kier alpha value is 0.560. The third-order valence-electron chi connectivity index (χ3n) is 1.03. The number of methoxy groups -OCH3 is 1. The summed E-state index contributed by atoms with van der Waals surface area (Å²) in [5.41, 5.74) is 0. The van der Waals surface area contributed by atoms with E-state index in [-0.39, 0.29) is 0 Å². The van der Waals surface area contributed by atoms with E-state index in [9.17, 15) is 0 Å². The molecule has 0 aliphatic carbocycles. The van der Waals surface area contributed by atoms with Gasteiger partial charge in [-0.05, 0) is 0 Å². The number of halogens is 1. The van der Waals surface area contributed by atoms with Gasteiger partial charge in [0.25, 0.3) is 0 Å². The lowest BCUT2D eigenvalue weighted by Gasteiger charge is -2.01. The summed E-state index contributed by atoms with van der Waals surface area (Å²) in [7, 11) is 1.67. The van der Waals surface area contributed by atoms with E-state index in [2.05, 4.69) is 0 Å². The Kier molecular flexibility index (Phi) is 11.1. The van der Waals surface area contributed by atoms with Crippen molar-refractivity contribution < 1.29 is 9.47 Å². The molecule has 0 rings (SSSR count). The fourth-order valence-electron chi connectivity index (χ4n) is 0.519. The zero-order valence-electron chi connectivity index (χ0n) is 6.85. The Labute approximate surface area is 77.6 Å². The molecule has 0 unspecified atom stereocenters. The predicted octanol–water partition coefficient (Wildman–Crippen LogP) is 1.62. The molecule has 0 aromatic rings. The molecule has 0 amide bonds. The first kappa shape index (κ1) is 11.6. The van der Waals surface area contributed by atoms with Crippen LogP contribution < -0.4 is 0 Å². The maximum atomic E-state index is 5.48. The smallest absolute Gasteiger partial charge is 0.0700 e. The molecule has 0 N–H and O–H groups in total. The van der Waals surface area contributed by atoms with E-state index >= 15 is 0 Å². The van der Waals surface area contributed by atoms with Crippen LogP contribution in [0.3, 0.4) is 0 Å². The molecule has 0 aromatic carbocycles. The minimum absolute atomic E-state index is 0.681. The highest BCUT2D eigenvalue weighted by Crippen LogP contribution is 1.99. The Bertz CT molecular complexity index is 65.5. The average molecular weight is 199 g/mol. The topological polar surface area (TPSA) is 18.5 Å². The molecule has 0 fully saturated rings. The van der Waals surface area contributed by atoms with Gasteiger partial charge in [-0.1, -0.05) is 0 Å². The Balaban J connectivity index is 2.69. The van der Waals surface area contributed by atoms with E-state index in [1.165, 1.54) is 0 Å². The van der Waals surface area contributed by atoms with Gasteiger partial charge in [0.2, 0.25) is 0 Å². The molecule has 0 atom stereocenters. The Morgan fingerprint density at radius 3 is 2.64 bits per heavy atom. The molecule has 2 nitrogen and oxygen atoms in total. The predicted molar refractivity (Wildman–Crippen MR) is 50.7 cm³/mol. The molecule has 0 radical (unpaired) electrons. The SMILES string of the molecule is COCCOCCSCCCl. The maximum absolute atomic E-state index is 5.48. The van der Waals surface area contributed by atoms with Crippen molar-refractivity contribution in [2.45, 2.75) is 0 Å². The minimum Gasteiger partial charge on any atom is -0.382 e. The van der Waals surface area contributed by atoms with Crippen LogP contribution in [0, 0.1) is 0 Å². The molecule has 11 heavy (non-hydrogen) atoms. The van der Waals surface area contributed by atoms with Crippen molar-refractivity contribution in [3.05, 3.63) is 0 Å². The normalized spacial score (nSPS) is 10.4. The zero-order chi connectivity index (χ0) is 8.36. The minimum atomic E-state index is 0.681. The zero-order valence-corrected chi connectivity index (χ0v) is 8.42. The number of hydrogen-bond acceptors (Lipinski definition) is 3. The second-order valence-corrected chi connectivity index (χ2v) is 3.51. The fraction of sp³-hybridized carbons (Fsp3) is 1.00. The molecule has 0 aliphatic heterocycles. The van der Waals surface area contributed by atoms with Crippen molar-refractivity contribution in [3.8, 4) is 0 Å². The van der Waals surface area contributed by atoms with Gasteiger partial charge < -0.3 is 9.47 Å². The van der Waals surface area contributed by atoms with Gasteiger partial charge in [-0.15, -0.1) is 11.6 Å². The molecule has 68 valence electrons. The molecule has 0 aliphatic rings. The van der Waals surface area contributed by atoms with Crippen molar-refractivity contribution in [1.29, 1.82) is 0 Å². The summed E-state index contributed by atoms with van der Waals surface area (Å²) in [6, 6.07) is 0. The summed E-state index contributed by atoms with van der Waals surface area (Å²) >= 11 is 7.30. The first-order chi connectivity index (χ1) is 5.41. The maximum Gasteiger partial charge on any atom is 0.0700 e. The summed E-state index contributed by atoms with van der Waals surface area (Å²) in [6.07, 6.45) is 0. The molecule has 0 bridgehead atoms. The van der Waals surface area contributed by atoms with Gasteiger partial charge in [0.1, 0.15) is 0 Å². The first-order valence-corrected chi connectivity index (χ1v) is 5.31. The van der Waals surface area contributed by atoms with Gasteiger partial charge >= 0.3 is 0 Å². The van der Waals surface area contributed by atoms with Gasteiger partial charge in [0.15, 0.2) is 0 Å². The summed E-state index contributed by atoms with van der Waals surface area (Å²) in [6.45, 7) is 2.17. The van der Waals surface area contributed by atoms with Gasteiger partial charge in [-0.2, -0.15) is 11.8 Å². The van der Waals surface area contributed by atoms with Gasteiger partial charge in [0, 0.05) is 24.5 Å². The van der Waals surface area contributed by atoms with E-state index in [4.69, 9.17) is 21.1 Å². The molecule has 0 heterocycles. The molecule has 0 saturated heterocycles. The molecule has 0 spiro atoms. The van der Waals surface area contributed by atoms with E-state index in [0.29, 0.717) is 13.2 Å². The number of ether oxygens (including phenoxy) is 2. The Morgan fingerprint density at radius 1 is 1.18 bits per heavy atom. The van der Waals surface area contributed by atoms with E-state index in [1.807, 2.05) is 11.8 Å². The summed E-state index contributed by atoms with van der Waals surface area (Å²) in [4.78, 5) is 0. The van der Waals surface area contributed by atoms with Gasteiger partial charge in [-0.25, -0.2) is 0 Å². The van der Waals surface area contributed by atoms with Crippen molar-refractivity contribution in [2.75, 3.05) is 44.3 Å². The third kappa shape index (κ3) is 10.6. The average Bonchev–Trinajstić information content (AvgIpc) is 2.03. The summed E-state index contributed by atoms with van der Waals surface area (Å²) < 4.78 is 10.0. The largest absolute Gasteiger partial charge is 0.382 e. The van der Waals surface area contributed by atoms with Crippen LogP contribution in [0.25, 0.3) is 0 Å². The van der Waals surface area contributed by atoms with Crippen LogP contribution in [0.5, 0.6) is 0 Å². The van der Waals surface area contributed by atoms with E-state index in [1.54, 1.807) is 7.11 Å². The highest BCUT2D eigenvalue weighted by atomic mass is 35.5. The number of thioether (sulfide) groups is 1. The standard InChI is InChI=1S/C7H15ClO2S/c1-9-3-4-10-5-7-11-6-2-8/h2-7H2,1H3. The number of alkyl halides is 1. The third-order valence-corrected chi connectivity index (χ3v) is 2.39. The molecule has 4 heteroatoms. The van der Waals surface area contributed by atoms with E-state index in [0.717, 1.165) is 24.0 Å². The number of rotatable bonds is 8. The van der Waals surface area contributed by atoms with E-state index < -0.39 is 0 Å². The fourth-order valence-corrected chi connectivity index (χ4v) is 1.40. The quantitative estimate of drug-likeness (QED) is 0.436. The van der Waals surface area contributed by atoms with Crippen LogP contribution in [0.1, 0.15) is 0 Å². The second-order valence-electron chi connectivity index (χ2n) is 1.91. The lowest BCUT2D eigenvalue weighted by molar-refractivity contribution is 0.0790. The molecule has 0 saturated carbocycles. The summed E-state index contributed by atoms with van der Waals surface area (Å²) in [5, 5.41) is 0. The first-order valence-electron chi connectivity index (χ1n) is 3.62. The highest BCUT2D eigenvalue weighted by Gasteiger charge is 1.88. The van der Waals surface area contributed by atoms with Gasteiger partial charge in [-0.3, -0.25) is 0 Å². The molecular weight excluding hydrogens is 184 g/mol.